The van der Waals surface area contributed by atoms with E-state index < -0.39 is 12.0 Å². The van der Waals surface area contributed by atoms with Gasteiger partial charge in [-0.1, -0.05) is 17.7 Å². The molecule has 102 valence electrons. The van der Waals surface area contributed by atoms with Crippen molar-refractivity contribution in [2.45, 2.75) is 45.7 Å². The average Bonchev–Trinajstić information content (AvgIpc) is 3.16. The Balaban J connectivity index is 2.34. The summed E-state index contributed by atoms with van der Waals surface area (Å²) in [5.74, 6) is -1.12. The molecule has 1 fully saturated rings. The molecule has 1 unspecified atom stereocenters. The van der Waals surface area contributed by atoms with E-state index in [0.717, 1.165) is 24.0 Å². The van der Waals surface area contributed by atoms with Gasteiger partial charge in [0, 0.05) is 11.6 Å². The first-order valence-electron chi connectivity index (χ1n) is 6.54. The SMILES string of the molecule is Cc1ccc(C)c(C(=O)N(C2CC2)C(C)C(=O)O)c1. The second kappa shape index (κ2) is 5.03. The number of aliphatic carboxylic acids is 1. The van der Waals surface area contributed by atoms with Gasteiger partial charge in [-0.3, -0.25) is 4.79 Å². The summed E-state index contributed by atoms with van der Waals surface area (Å²) in [6.45, 7) is 5.38. The van der Waals surface area contributed by atoms with E-state index in [9.17, 15) is 9.59 Å². The Morgan fingerprint density at radius 3 is 2.47 bits per heavy atom. The minimum absolute atomic E-state index is 0.0820. The summed E-state index contributed by atoms with van der Waals surface area (Å²) in [6.07, 6.45) is 1.79. The highest BCUT2D eigenvalue weighted by molar-refractivity contribution is 5.98. The number of carbonyl (C=O) groups is 2. The molecule has 1 aliphatic carbocycles. The Bertz CT molecular complexity index is 520. The van der Waals surface area contributed by atoms with Crippen molar-refractivity contribution in [3.8, 4) is 0 Å². The quantitative estimate of drug-likeness (QED) is 0.905. The van der Waals surface area contributed by atoms with E-state index >= 15 is 0 Å². The minimum atomic E-state index is -0.953. The van der Waals surface area contributed by atoms with Gasteiger partial charge in [-0.05, 0) is 45.2 Å². The van der Waals surface area contributed by atoms with Gasteiger partial charge in [0.2, 0.25) is 0 Å². The number of aryl methyl sites for hydroxylation is 2. The Labute approximate surface area is 113 Å². The number of hydrogen-bond acceptors (Lipinski definition) is 2. The highest BCUT2D eigenvalue weighted by atomic mass is 16.4. The molecule has 4 heteroatoms. The van der Waals surface area contributed by atoms with Crippen molar-refractivity contribution in [2.75, 3.05) is 0 Å². The van der Waals surface area contributed by atoms with Crippen molar-refractivity contribution in [3.05, 3.63) is 34.9 Å². The van der Waals surface area contributed by atoms with Gasteiger partial charge in [-0.2, -0.15) is 0 Å². The summed E-state index contributed by atoms with van der Waals surface area (Å²) < 4.78 is 0. The van der Waals surface area contributed by atoms with Gasteiger partial charge < -0.3 is 10.0 Å². The molecule has 1 aromatic carbocycles. The molecule has 0 radical (unpaired) electrons. The van der Waals surface area contributed by atoms with Crippen LogP contribution in [0.15, 0.2) is 18.2 Å². The maximum absolute atomic E-state index is 12.6. The van der Waals surface area contributed by atoms with E-state index in [1.165, 1.54) is 4.90 Å². The maximum atomic E-state index is 12.6. The molecule has 0 spiro atoms. The standard InChI is InChI=1S/C15H19NO3/c1-9-4-5-10(2)13(8-9)14(17)16(12-6-7-12)11(3)15(18)19/h4-5,8,11-12H,6-7H2,1-3H3,(H,18,19). The molecule has 4 nitrogen and oxygen atoms in total. The van der Waals surface area contributed by atoms with Gasteiger partial charge in [0.25, 0.3) is 5.91 Å². The Kier molecular flexibility index (Phi) is 3.60. The first kappa shape index (κ1) is 13.6. The molecular weight excluding hydrogens is 242 g/mol. The molecule has 0 aromatic heterocycles. The lowest BCUT2D eigenvalue weighted by Crippen LogP contribution is -2.45. The Hall–Kier alpha value is -1.84. The second-order valence-corrected chi connectivity index (χ2v) is 5.28. The van der Waals surface area contributed by atoms with E-state index in [2.05, 4.69) is 0 Å². The van der Waals surface area contributed by atoms with Crippen molar-refractivity contribution in [1.29, 1.82) is 0 Å². The molecule has 0 saturated heterocycles. The number of carbonyl (C=O) groups excluding carboxylic acids is 1. The van der Waals surface area contributed by atoms with Crippen molar-refractivity contribution >= 4 is 11.9 Å². The van der Waals surface area contributed by atoms with Crippen LogP contribution in [0.25, 0.3) is 0 Å². The molecule has 1 atom stereocenters. The summed E-state index contributed by atoms with van der Waals surface area (Å²) in [5, 5.41) is 9.15. The van der Waals surface area contributed by atoms with Crippen LogP contribution in [0, 0.1) is 13.8 Å². The van der Waals surface area contributed by atoms with Crippen LogP contribution in [0.3, 0.4) is 0 Å². The lowest BCUT2D eigenvalue weighted by atomic mass is 10.0. The fraction of sp³-hybridized carbons (Fsp3) is 0.467. The number of benzene rings is 1. The van der Waals surface area contributed by atoms with E-state index in [1.807, 2.05) is 32.0 Å². The molecular formula is C15H19NO3. The Morgan fingerprint density at radius 1 is 1.32 bits per heavy atom. The summed E-state index contributed by atoms with van der Waals surface area (Å²) in [4.78, 5) is 25.3. The van der Waals surface area contributed by atoms with Crippen molar-refractivity contribution in [3.63, 3.8) is 0 Å². The van der Waals surface area contributed by atoms with E-state index in [-0.39, 0.29) is 11.9 Å². The van der Waals surface area contributed by atoms with E-state index in [0.29, 0.717) is 5.56 Å². The van der Waals surface area contributed by atoms with Crippen LogP contribution in [0.1, 0.15) is 41.3 Å². The molecule has 1 saturated carbocycles. The summed E-state index contributed by atoms with van der Waals surface area (Å²) >= 11 is 0. The van der Waals surface area contributed by atoms with Gasteiger partial charge in [-0.25, -0.2) is 4.79 Å². The van der Waals surface area contributed by atoms with Crippen LogP contribution in [0.4, 0.5) is 0 Å². The molecule has 1 aliphatic rings. The Morgan fingerprint density at radius 2 is 1.95 bits per heavy atom. The third kappa shape index (κ3) is 2.78. The lowest BCUT2D eigenvalue weighted by Gasteiger charge is -2.27. The highest BCUT2D eigenvalue weighted by Crippen LogP contribution is 2.31. The molecule has 1 amide bonds. The number of nitrogens with zero attached hydrogens (tertiary/aromatic N) is 1. The van der Waals surface area contributed by atoms with Crippen LogP contribution in [0.2, 0.25) is 0 Å². The molecule has 19 heavy (non-hydrogen) atoms. The monoisotopic (exact) mass is 261 g/mol. The summed E-state index contributed by atoms with van der Waals surface area (Å²) in [5.41, 5.74) is 2.51. The van der Waals surface area contributed by atoms with E-state index in [1.54, 1.807) is 6.92 Å². The lowest BCUT2D eigenvalue weighted by molar-refractivity contribution is -0.141. The topological polar surface area (TPSA) is 57.6 Å². The fourth-order valence-electron chi connectivity index (χ4n) is 2.23. The molecule has 0 aliphatic heterocycles. The fourth-order valence-corrected chi connectivity index (χ4v) is 2.23. The van der Waals surface area contributed by atoms with E-state index in [4.69, 9.17) is 5.11 Å². The predicted octanol–water partition coefficient (Wildman–Crippen LogP) is 2.38. The van der Waals surface area contributed by atoms with Crippen molar-refractivity contribution in [1.82, 2.24) is 4.90 Å². The maximum Gasteiger partial charge on any atom is 0.326 e. The van der Waals surface area contributed by atoms with Crippen LogP contribution < -0.4 is 0 Å². The number of rotatable bonds is 4. The zero-order valence-electron chi connectivity index (χ0n) is 11.5. The molecule has 1 aromatic rings. The zero-order valence-corrected chi connectivity index (χ0v) is 11.5. The van der Waals surface area contributed by atoms with Gasteiger partial charge in [-0.15, -0.1) is 0 Å². The van der Waals surface area contributed by atoms with Crippen LogP contribution >= 0.6 is 0 Å². The summed E-state index contributed by atoms with van der Waals surface area (Å²) in [6, 6.07) is 4.99. The smallest absolute Gasteiger partial charge is 0.326 e. The van der Waals surface area contributed by atoms with Gasteiger partial charge in [0.05, 0.1) is 0 Å². The van der Waals surface area contributed by atoms with Crippen molar-refractivity contribution in [2.24, 2.45) is 0 Å². The van der Waals surface area contributed by atoms with Crippen LogP contribution in [-0.4, -0.2) is 34.0 Å². The number of hydrogen-bond donors (Lipinski definition) is 1. The number of carboxylic acids is 1. The third-order valence-electron chi connectivity index (χ3n) is 3.57. The first-order chi connectivity index (χ1) is 8.91. The molecule has 0 heterocycles. The molecule has 0 bridgehead atoms. The molecule has 1 N–H and O–H groups in total. The second-order valence-electron chi connectivity index (χ2n) is 5.28. The van der Waals surface area contributed by atoms with Crippen LogP contribution in [-0.2, 0) is 4.79 Å². The zero-order chi connectivity index (χ0) is 14.2. The van der Waals surface area contributed by atoms with Gasteiger partial charge >= 0.3 is 5.97 Å². The normalized spacial score (nSPS) is 15.9. The third-order valence-corrected chi connectivity index (χ3v) is 3.57. The largest absolute Gasteiger partial charge is 0.480 e. The predicted molar refractivity (Wildman–Crippen MR) is 72.2 cm³/mol. The average molecular weight is 261 g/mol. The van der Waals surface area contributed by atoms with Crippen LogP contribution in [0.5, 0.6) is 0 Å². The number of carboxylic acid groups (broad SMARTS) is 1. The summed E-state index contributed by atoms with van der Waals surface area (Å²) in [7, 11) is 0. The van der Waals surface area contributed by atoms with Gasteiger partial charge in [0.15, 0.2) is 0 Å². The number of amides is 1. The minimum Gasteiger partial charge on any atom is -0.480 e. The highest BCUT2D eigenvalue weighted by Gasteiger charge is 2.39. The molecule has 2 rings (SSSR count). The van der Waals surface area contributed by atoms with Crippen molar-refractivity contribution < 1.29 is 14.7 Å². The first-order valence-corrected chi connectivity index (χ1v) is 6.54. The van der Waals surface area contributed by atoms with Gasteiger partial charge in [0.1, 0.15) is 6.04 Å².